The average Bonchev–Trinajstić information content (AvgIpc) is 3.92. The Kier molecular flexibility index (Phi) is 7.14. The van der Waals surface area contributed by atoms with Crippen LogP contribution in [-0.4, -0.2) is 57.6 Å². The number of nitrogens with one attached hydrogen (secondary N) is 1. The van der Waals surface area contributed by atoms with Crippen LogP contribution in [0.5, 0.6) is 0 Å². The van der Waals surface area contributed by atoms with Gasteiger partial charge >= 0.3 is 0 Å². The SMILES string of the molecule is Cc1nnc(-c2c(CCC3CCOCC3)nc3c(c2-c2cc4ccnc(N[C@@H]5CCc6ncccc65)c4s2)S(=O)(=O)N2CCC[C@@H]32)o1. The van der Waals surface area contributed by atoms with Gasteiger partial charge in [0.2, 0.25) is 21.8 Å². The number of hydrogen-bond acceptors (Lipinski definition) is 11. The van der Waals surface area contributed by atoms with Crippen molar-refractivity contribution in [1.29, 1.82) is 0 Å². The lowest BCUT2D eigenvalue weighted by Crippen LogP contribution is -2.23. The Hall–Kier alpha value is -3.78. The molecule has 0 spiro atoms. The molecule has 5 aromatic rings. The van der Waals surface area contributed by atoms with Crippen molar-refractivity contribution in [1.82, 2.24) is 29.5 Å². The fraction of sp³-hybridized carbons (Fsp3) is 0.441. The van der Waals surface area contributed by atoms with E-state index in [1.807, 2.05) is 24.5 Å². The largest absolute Gasteiger partial charge is 0.421 e. The number of hydrogen-bond donors (Lipinski definition) is 1. The molecular weight excluding hydrogens is 635 g/mol. The van der Waals surface area contributed by atoms with Crippen LogP contribution in [0.3, 0.4) is 0 Å². The minimum absolute atomic E-state index is 0.105. The molecule has 0 saturated carbocycles. The van der Waals surface area contributed by atoms with Crippen molar-refractivity contribution < 1.29 is 17.6 Å². The first kappa shape index (κ1) is 29.4. The summed E-state index contributed by atoms with van der Waals surface area (Å²) in [6, 6.07) is 8.03. The Morgan fingerprint density at radius 2 is 1.96 bits per heavy atom. The molecule has 242 valence electrons. The summed E-state index contributed by atoms with van der Waals surface area (Å²) in [5, 5.41) is 13.3. The Balaban J connectivity index is 1.23. The minimum atomic E-state index is -3.80. The number of pyridine rings is 3. The molecule has 0 bridgehead atoms. The van der Waals surface area contributed by atoms with Gasteiger partial charge in [-0.2, -0.15) is 4.31 Å². The van der Waals surface area contributed by atoms with E-state index < -0.39 is 10.0 Å². The topological polar surface area (TPSA) is 136 Å². The quantitative estimate of drug-likeness (QED) is 0.207. The second-order valence-electron chi connectivity index (χ2n) is 13.0. The third kappa shape index (κ3) is 4.89. The molecule has 5 aromatic heterocycles. The highest BCUT2D eigenvalue weighted by molar-refractivity contribution is 7.89. The maximum atomic E-state index is 14.4. The number of rotatable bonds is 7. The van der Waals surface area contributed by atoms with Crippen LogP contribution in [0.1, 0.15) is 79.1 Å². The number of fused-ring (bicyclic) bond motifs is 5. The van der Waals surface area contributed by atoms with Gasteiger partial charge in [-0.05, 0) is 86.4 Å². The highest BCUT2D eigenvalue weighted by atomic mass is 32.2. The Labute approximate surface area is 276 Å². The van der Waals surface area contributed by atoms with Crippen LogP contribution >= 0.6 is 11.3 Å². The van der Waals surface area contributed by atoms with Crippen molar-refractivity contribution in [3.05, 3.63) is 65.2 Å². The van der Waals surface area contributed by atoms with Gasteiger partial charge in [0.1, 0.15) is 10.7 Å². The Morgan fingerprint density at radius 3 is 2.81 bits per heavy atom. The summed E-state index contributed by atoms with van der Waals surface area (Å²) < 4.78 is 43.1. The van der Waals surface area contributed by atoms with Crippen molar-refractivity contribution in [3.8, 4) is 21.9 Å². The standard InChI is InChI=1S/C34H35N7O4S2/c1-19-39-40-34(45-19)28-25(7-6-20-11-16-44-17-12-20)37-30-26-5-3-15-41(26)47(42,43)32(30)29(28)27-18-21-10-14-36-33(31(21)46-27)38-24-9-8-23-22(24)4-2-13-35-23/h2,4,10,13-14,18,20,24,26H,3,5-9,11-12,15-17H2,1H3,(H,36,38)/t24-,26+/m1/s1. The maximum absolute atomic E-state index is 14.4. The molecule has 2 atom stereocenters. The van der Waals surface area contributed by atoms with E-state index in [0.717, 1.165) is 90.3 Å². The van der Waals surface area contributed by atoms with Crippen LogP contribution < -0.4 is 5.32 Å². The number of thiophene rings is 1. The number of anilines is 1. The number of aryl methyl sites for hydroxylation is 3. The summed E-state index contributed by atoms with van der Waals surface area (Å²) in [7, 11) is -3.80. The zero-order chi connectivity index (χ0) is 31.7. The first-order valence-electron chi connectivity index (χ1n) is 16.5. The molecule has 0 aromatic carbocycles. The van der Waals surface area contributed by atoms with E-state index in [-0.39, 0.29) is 17.0 Å². The van der Waals surface area contributed by atoms with Gasteiger partial charge in [0.25, 0.3) is 0 Å². The van der Waals surface area contributed by atoms with E-state index in [1.54, 1.807) is 22.6 Å². The van der Waals surface area contributed by atoms with Gasteiger partial charge in [-0.25, -0.2) is 13.4 Å². The van der Waals surface area contributed by atoms with Gasteiger partial charge < -0.3 is 14.5 Å². The second-order valence-corrected chi connectivity index (χ2v) is 15.9. The third-order valence-electron chi connectivity index (χ3n) is 10.2. The number of aromatic nitrogens is 5. The Morgan fingerprint density at radius 1 is 1.06 bits per heavy atom. The zero-order valence-electron chi connectivity index (χ0n) is 26.1. The monoisotopic (exact) mass is 669 g/mol. The number of nitrogens with zero attached hydrogens (tertiary/aromatic N) is 6. The predicted molar refractivity (Wildman–Crippen MR) is 178 cm³/mol. The molecule has 2 fully saturated rings. The van der Waals surface area contributed by atoms with Gasteiger partial charge in [-0.15, -0.1) is 21.5 Å². The van der Waals surface area contributed by atoms with Crippen molar-refractivity contribution in [3.63, 3.8) is 0 Å². The Bertz CT molecular complexity index is 2120. The van der Waals surface area contributed by atoms with Crippen molar-refractivity contribution >= 4 is 37.3 Å². The molecule has 13 heteroatoms. The fourth-order valence-corrected chi connectivity index (χ4v) is 11.2. The summed E-state index contributed by atoms with van der Waals surface area (Å²) in [5.74, 6) is 2.03. The average molecular weight is 670 g/mol. The van der Waals surface area contributed by atoms with Gasteiger partial charge in [-0.1, -0.05) is 6.07 Å². The first-order chi connectivity index (χ1) is 23.0. The minimum Gasteiger partial charge on any atom is -0.421 e. The molecule has 0 amide bonds. The van der Waals surface area contributed by atoms with Crippen LogP contribution in [0.25, 0.3) is 32.0 Å². The van der Waals surface area contributed by atoms with Crippen LogP contribution in [0.2, 0.25) is 0 Å². The lowest BCUT2D eigenvalue weighted by Gasteiger charge is -2.22. The molecule has 1 aliphatic carbocycles. The van der Waals surface area contributed by atoms with Crippen LogP contribution in [0.15, 0.2) is 46.0 Å². The van der Waals surface area contributed by atoms with Gasteiger partial charge in [0.05, 0.1) is 33.7 Å². The van der Waals surface area contributed by atoms with Crippen LogP contribution in [0.4, 0.5) is 5.82 Å². The number of sulfonamides is 1. The van der Waals surface area contributed by atoms with Crippen molar-refractivity contribution in [2.75, 3.05) is 25.1 Å². The zero-order valence-corrected chi connectivity index (χ0v) is 27.7. The highest BCUT2D eigenvalue weighted by Crippen LogP contribution is 2.53. The van der Waals surface area contributed by atoms with E-state index in [1.165, 1.54) is 5.56 Å². The summed E-state index contributed by atoms with van der Waals surface area (Å²) in [5.41, 5.74) is 5.05. The second kappa shape index (κ2) is 11.4. The predicted octanol–water partition coefficient (Wildman–Crippen LogP) is 6.41. The molecule has 3 aliphatic heterocycles. The summed E-state index contributed by atoms with van der Waals surface area (Å²) in [4.78, 5) is 15.7. The summed E-state index contributed by atoms with van der Waals surface area (Å²) in [6.07, 6.45) is 10.7. The summed E-state index contributed by atoms with van der Waals surface area (Å²) >= 11 is 1.55. The van der Waals surface area contributed by atoms with Gasteiger partial charge in [-0.3, -0.25) is 9.97 Å². The van der Waals surface area contributed by atoms with E-state index in [0.29, 0.717) is 47.5 Å². The molecule has 11 nitrogen and oxygen atoms in total. The van der Waals surface area contributed by atoms with E-state index in [9.17, 15) is 8.42 Å². The number of ether oxygens (including phenoxy) is 1. The molecule has 2 saturated heterocycles. The van der Waals surface area contributed by atoms with Crippen LogP contribution in [0, 0.1) is 12.8 Å². The normalized spacial score (nSPS) is 22.1. The lowest BCUT2D eigenvalue weighted by atomic mass is 9.91. The fourth-order valence-electron chi connectivity index (χ4n) is 7.88. The smallest absolute Gasteiger partial charge is 0.250 e. The van der Waals surface area contributed by atoms with E-state index >= 15 is 0 Å². The summed E-state index contributed by atoms with van der Waals surface area (Å²) in [6.45, 7) is 3.80. The van der Waals surface area contributed by atoms with Gasteiger partial charge in [0, 0.05) is 55.2 Å². The van der Waals surface area contributed by atoms with E-state index in [2.05, 4.69) is 32.6 Å². The molecule has 47 heavy (non-hydrogen) atoms. The first-order valence-corrected chi connectivity index (χ1v) is 18.8. The maximum Gasteiger partial charge on any atom is 0.250 e. The molecule has 9 rings (SSSR count). The molecule has 1 N–H and O–H groups in total. The van der Waals surface area contributed by atoms with Crippen LogP contribution in [-0.2, 0) is 27.6 Å². The van der Waals surface area contributed by atoms with Gasteiger partial charge in [0.15, 0.2) is 0 Å². The van der Waals surface area contributed by atoms with Crippen molar-refractivity contribution in [2.24, 2.45) is 5.92 Å². The molecule has 0 radical (unpaired) electrons. The molecule has 8 heterocycles. The molecule has 0 unspecified atom stereocenters. The molecular formula is C34H35N7O4S2. The lowest BCUT2D eigenvalue weighted by molar-refractivity contribution is 0.0639. The van der Waals surface area contributed by atoms with Crippen molar-refractivity contribution in [2.45, 2.75) is 75.3 Å². The molecule has 4 aliphatic rings. The third-order valence-corrected chi connectivity index (χ3v) is 13.3. The highest BCUT2D eigenvalue weighted by Gasteiger charge is 2.49. The van der Waals surface area contributed by atoms with E-state index in [4.69, 9.17) is 19.1 Å².